The van der Waals surface area contributed by atoms with Crippen molar-refractivity contribution >= 4 is 5.82 Å². The zero-order valence-electron chi connectivity index (χ0n) is 10.3. The Bertz CT molecular complexity index is 347. The second-order valence-electron chi connectivity index (χ2n) is 4.72. The number of aromatic nitrogens is 1. The van der Waals surface area contributed by atoms with E-state index in [9.17, 15) is 4.39 Å². The van der Waals surface area contributed by atoms with Gasteiger partial charge in [0.25, 0.3) is 0 Å². The molecule has 0 aliphatic carbocycles. The minimum Gasteiger partial charge on any atom is -0.383 e. The SMILES string of the molecule is COCCNc1ncc(F)cc1C(C)(C)C. The van der Waals surface area contributed by atoms with Crippen LogP contribution >= 0.6 is 0 Å². The topological polar surface area (TPSA) is 34.1 Å². The van der Waals surface area contributed by atoms with Gasteiger partial charge < -0.3 is 10.1 Å². The van der Waals surface area contributed by atoms with Crippen molar-refractivity contribution in [3.8, 4) is 0 Å². The van der Waals surface area contributed by atoms with Crippen LogP contribution in [0.3, 0.4) is 0 Å². The Morgan fingerprint density at radius 2 is 2.12 bits per heavy atom. The molecule has 0 bridgehead atoms. The number of nitrogens with zero attached hydrogens (tertiary/aromatic N) is 1. The molecule has 0 fully saturated rings. The first-order chi connectivity index (χ1) is 7.45. The Morgan fingerprint density at radius 1 is 1.44 bits per heavy atom. The van der Waals surface area contributed by atoms with E-state index in [-0.39, 0.29) is 11.2 Å². The van der Waals surface area contributed by atoms with Crippen molar-refractivity contribution in [2.24, 2.45) is 0 Å². The molecule has 0 saturated carbocycles. The van der Waals surface area contributed by atoms with Gasteiger partial charge in [-0.2, -0.15) is 0 Å². The predicted octanol–water partition coefficient (Wildman–Crippen LogP) is 2.58. The van der Waals surface area contributed by atoms with E-state index in [1.807, 2.05) is 20.8 Å². The smallest absolute Gasteiger partial charge is 0.141 e. The first-order valence-electron chi connectivity index (χ1n) is 5.34. The Labute approximate surface area is 96.0 Å². The van der Waals surface area contributed by atoms with Crippen molar-refractivity contribution in [2.75, 3.05) is 25.6 Å². The number of halogens is 1. The molecule has 0 atom stereocenters. The van der Waals surface area contributed by atoms with Gasteiger partial charge in [0.1, 0.15) is 11.6 Å². The number of pyridine rings is 1. The summed E-state index contributed by atoms with van der Waals surface area (Å²) in [5.41, 5.74) is 0.744. The molecular formula is C12H19FN2O. The lowest BCUT2D eigenvalue weighted by molar-refractivity contribution is 0.210. The molecule has 1 aromatic heterocycles. The van der Waals surface area contributed by atoms with Crippen LogP contribution in [0.2, 0.25) is 0 Å². The fourth-order valence-electron chi connectivity index (χ4n) is 1.42. The summed E-state index contributed by atoms with van der Waals surface area (Å²) in [6, 6.07) is 1.53. The lowest BCUT2D eigenvalue weighted by Crippen LogP contribution is -2.18. The molecule has 4 heteroatoms. The third kappa shape index (κ3) is 3.45. The van der Waals surface area contributed by atoms with Crippen molar-refractivity contribution in [1.82, 2.24) is 4.98 Å². The summed E-state index contributed by atoms with van der Waals surface area (Å²) in [6.07, 6.45) is 1.23. The third-order valence-corrected chi connectivity index (χ3v) is 2.26. The van der Waals surface area contributed by atoms with Crippen LogP contribution in [0.1, 0.15) is 26.3 Å². The number of rotatable bonds is 4. The summed E-state index contributed by atoms with van der Waals surface area (Å²) in [5.74, 6) is 0.424. The van der Waals surface area contributed by atoms with E-state index in [1.54, 1.807) is 7.11 Å². The lowest BCUT2D eigenvalue weighted by atomic mass is 9.87. The summed E-state index contributed by atoms with van der Waals surface area (Å²) in [6.45, 7) is 7.36. The zero-order valence-corrected chi connectivity index (χ0v) is 10.3. The Balaban J connectivity index is 2.90. The number of anilines is 1. The summed E-state index contributed by atoms with van der Waals surface area (Å²) in [4.78, 5) is 4.07. The molecule has 0 amide bonds. The van der Waals surface area contributed by atoms with Crippen molar-refractivity contribution in [2.45, 2.75) is 26.2 Å². The molecule has 0 radical (unpaired) electrons. The third-order valence-electron chi connectivity index (χ3n) is 2.26. The van der Waals surface area contributed by atoms with Gasteiger partial charge in [0.15, 0.2) is 0 Å². The first kappa shape index (κ1) is 12.9. The highest BCUT2D eigenvalue weighted by atomic mass is 19.1. The minimum absolute atomic E-state index is 0.134. The maximum absolute atomic E-state index is 13.2. The van der Waals surface area contributed by atoms with Gasteiger partial charge in [0.2, 0.25) is 0 Å². The maximum Gasteiger partial charge on any atom is 0.141 e. The summed E-state index contributed by atoms with van der Waals surface area (Å²) in [7, 11) is 1.64. The van der Waals surface area contributed by atoms with Crippen molar-refractivity contribution in [3.63, 3.8) is 0 Å². The largest absolute Gasteiger partial charge is 0.383 e. The second-order valence-corrected chi connectivity index (χ2v) is 4.72. The molecule has 90 valence electrons. The van der Waals surface area contributed by atoms with Gasteiger partial charge in [-0.15, -0.1) is 0 Å². The average Bonchev–Trinajstić information content (AvgIpc) is 2.19. The number of hydrogen-bond donors (Lipinski definition) is 1. The van der Waals surface area contributed by atoms with E-state index in [0.717, 1.165) is 11.4 Å². The molecule has 0 spiro atoms. The average molecular weight is 226 g/mol. The summed E-state index contributed by atoms with van der Waals surface area (Å²) >= 11 is 0. The second kappa shape index (κ2) is 5.25. The van der Waals surface area contributed by atoms with Gasteiger partial charge in [-0.1, -0.05) is 20.8 Å². The van der Waals surface area contributed by atoms with Crippen molar-refractivity contribution in [1.29, 1.82) is 0 Å². The van der Waals surface area contributed by atoms with E-state index in [4.69, 9.17) is 4.74 Å². The molecule has 1 N–H and O–H groups in total. The molecule has 0 aliphatic rings. The maximum atomic E-state index is 13.2. The first-order valence-corrected chi connectivity index (χ1v) is 5.34. The fraction of sp³-hybridized carbons (Fsp3) is 0.583. The normalized spacial score (nSPS) is 11.6. The van der Waals surface area contributed by atoms with Gasteiger partial charge in [0.05, 0.1) is 12.8 Å². The highest BCUT2D eigenvalue weighted by Crippen LogP contribution is 2.28. The van der Waals surface area contributed by atoms with E-state index in [2.05, 4.69) is 10.3 Å². The van der Waals surface area contributed by atoms with Crippen LogP contribution in [0.15, 0.2) is 12.3 Å². The molecule has 0 aromatic carbocycles. The van der Waals surface area contributed by atoms with Gasteiger partial charge in [-0.25, -0.2) is 9.37 Å². The molecule has 16 heavy (non-hydrogen) atoms. The lowest BCUT2D eigenvalue weighted by Gasteiger charge is -2.22. The number of methoxy groups -OCH3 is 1. The van der Waals surface area contributed by atoms with E-state index in [0.29, 0.717) is 13.2 Å². The molecule has 0 saturated heterocycles. The van der Waals surface area contributed by atoms with Gasteiger partial charge in [-0.3, -0.25) is 0 Å². The highest BCUT2D eigenvalue weighted by molar-refractivity contribution is 5.47. The van der Waals surface area contributed by atoms with Crippen LogP contribution in [0.4, 0.5) is 10.2 Å². The van der Waals surface area contributed by atoms with Crippen LogP contribution in [-0.2, 0) is 10.2 Å². The molecular weight excluding hydrogens is 207 g/mol. The van der Waals surface area contributed by atoms with Gasteiger partial charge >= 0.3 is 0 Å². The summed E-state index contributed by atoms with van der Waals surface area (Å²) < 4.78 is 18.1. The summed E-state index contributed by atoms with van der Waals surface area (Å²) in [5, 5.41) is 3.15. The molecule has 0 unspecified atom stereocenters. The standard InChI is InChI=1S/C12H19FN2O/c1-12(2,3)10-7-9(13)8-15-11(10)14-5-6-16-4/h7-8H,5-6H2,1-4H3,(H,14,15). The zero-order chi connectivity index (χ0) is 12.2. The van der Waals surface area contributed by atoms with Crippen molar-refractivity contribution in [3.05, 3.63) is 23.6 Å². The number of ether oxygens (including phenoxy) is 1. The quantitative estimate of drug-likeness (QED) is 0.801. The Morgan fingerprint density at radius 3 is 2.69 bits per heavy atom. The van der Waals surface area contributed by atoms with Gasteiger partial charge in [0, 0.05) is 19.2 Å². The predicted molar refractivity (Wildman–Crippen MR) is 63.3 cm³/mol. The van der Waals surface area contributed by atoms with Gasteiger partial charge in [-0.05, 0) is 11.5 Å². The van der Waals surface area contributed by atoms with Crippen LogP contribution in [0, 0.1) is 5.82 Å². The van der Waals surface area contributed by atoms with Crippen LogP contribution in [0.5, 0.6) is 0 Å². The van der Waals surface area contributed by atoms with E-state index in [1.165, 1.54) is 12.3 Å². The fourth-order valence-corrected chi connectivity index (χ4v) is 1.42. The van der Waals surface area contributed by atoms with Crippen LogP contribution in [-0.4, -0.2) is 25.2 Å². The molecule has 0 aliphatic heterocycles. The molecule has 1 aromatic rings. The number of hydrogen-bond acceptors (Lipinski definition) is 3. The molecule has 1 rings (SSSR count). The highest BCUT2D eigenvalue weighted by Gasteiger charge is 2.19. The van der Waals surface area contributed by atoms with Crippen LogP contribution in [0.25, 0.3) is 0 Å². The Hall–Kier alpha value is -1.16. The Kier molecular flexibility index (Phi) is 4.24. The molecule has 1 heterocycles. The molecule has 3 nitrogen and oxygen atoms in total. The minimum atomic E-state index is -0.304. The monoisotopic (exact) mass is 226 g/mol. The number of nitrogens with one attached hydrogen (secondary N) is 1. The van der Waals surface area contributed by atoms with E-state index < -0.39 is 0 Å². The van der Waals surface area contributed by atoms with E-state index >= 15 is 0 Å². The van der Waals surface area contributed by atoms with Crippen LogP contribution < -0.4 is 5.32 Å². The van der Waals surface area contributed by atoms with Crippen molar-refractivity contribution < 1.29 is 9.13 Å².